The van der Waals surface area contributed by atoms with Gasteiger partial charge in [0.1, 0.15) is 11.4 Å². The van der Waals surface area contributed by atoms with E-state index in [1.54, 1.807) is 0 Å². The summed E-state index contributed by atoms with van der Waals surface area (Å²) in [5.41, 5.74) is 0.687. The van der Waals surface area contributed by atoms with Gasteiger partial charge in [-0.2, -0.15) is 0 Å². The zero-order valence-corrected chi connectivity index (χ0v) is 7.00. The van der Waals surface area contributed by atoms with Crippen LogP contribution in [0.25, 0.3) is 6.08 Å². The summed E-state index contributed by atoms with van der Waals surface area (Å²) < 4.78 is 0. The molecule has 1 aromatic heterocycles. The highest BCUT2D eigenvalue weighted by molar-refractivity contribution is 6.13. The van der Waals surface area contributed by atoms with Gasteiger partial charge in [0.15, 0.2) is 0 Å². The minimum absolute atomic E-state index is 0.0709. The topological polar surface area (TPSA) is 94.2 Å². The highest BCUT2D eigenvalue weighted by Crippen LogP contribution is 2.13. The van der Waals surface area contributed by atoms with Crippen molar-refractivity contribution < 1.29 is 14.7 Å². The number of rotatable bonds is 1. The quantitative estimate of drug-likeness (QED) is 0.370. The number of aromatic amines is 1. The highest BCUT2D eigenvalue weighted by atomic mass is 16.3. The summed E-state index contributed by atoms with van der Waals surface area (Å²) >= 11 is 0. The van der Waals surface area contributed by atoms with E-state index in [1.165, 1.54) is 18.3 Å². The largest absolute Gasteiger partial charge is 0.506 e. The molecule has 0 aromatic carbocycles. The fourth-order valence-electron chi connectivity index (χ4n) is 1.12. The van der Waals surface area contributed by atoms with E-state index in [2.05, 4.69) is 15.6 Å². The first-order valence-electron chi connectivity index (χ1n) is 3.86. The number of hydrogen-bond acceptors (Lipinski definition) is 3. The molecule has 72 valence electrons. The van der Waals surface area contributed by atoms with Crippen LogP contribution in [0.15, 0.2) is 18.0 Å². The molecular weight excluding hydrogens is 186 g/mol. The SMILES string of the molecule is O=C1NC(=O)/C(=C\c2cc(O)c[nH]2)N1. The van der Waals surface area contributed by atoms with E-state index in [1.807, 2.05) is 0 Å². The molecule has 6 nitrogen and oxygen atoms in total. The molecule has 1 saturated heterocycles. The standard InChI is InChI=1S/C8H7N3O3/c12-5-1-4(9-3-5)2-6-7(13)11-8(14)10-6/h1-3,9,12H,(H2,10,11,13,14)/b6-2+. The summed E-state index contributed by atoms with van der Waals surface area (Å²) in [4.78, 5) is 24.5. The van der Waals surface area contributed by atoms with Gasteiger partial charge < -0.3 is 15.4 Å². The lowest BCUT2D eigenvalue weighted by molar-refractivity contribution is -0.115. The minimum atomic E-state index is -0.544. The molecule has 1 aromatic rings. The molecule has 4 N–H and O–H groups in total. The zero-order valence-electron chi connectivity index (χ0n) is 7.00. The average Bonchev–Trinajstić information content (AvgIpc) is 2.61. The summed E-state index contributed by atoms with van der Waals surface area (Å²) in [7, 11) is 0. The normalized spacial score (nSPS) is 18.4. The Morgan fingerprint density at radius 1 is 1.29 bits per heavy atom. The number of urea groups is 1. The number of nitrogens with one attached hydrogen (secondary N) is 3. The molecule has 1 fully saturated rings. The number of hydrogen-bond donors (Lipinski definition) is 4. The smallest absolute Gasteiger partial charge is 0.326 e. The molecule has 0 atom stereocenters. The predicted octanol–water partition coefficient (Wildman–Crippen LogP) is -0.0994. The minimum Gasteiger partial charge on any atom is -0.506 e. The lowest BCUT2D eigenvalue weighted by atomic mass is 10.3. The van der Waals surface area contributed by atoms with E-state index >= 15 is 0 Å². The Hall–Kier alpha value is -2.24. The first-order chi connectivity index (χ1) is 6.65. The number of amides is 3. The molecule has 0 unspecified atom stereocenters. The van der Waals surface area contributed by atoms with Crippen molar-refractivity contribution >= 4 is 18.0 Å². The highest BCUT2D eigenvalue weighted by Gasteiger charge is 2.22. The van der Waals surface area contributed by atoms with Crippen molar-refractivity contribution in [2.24, 2.45) is 0 Å². The second-order valence-electron chi connectivity index (χ2n) is 2.78. The Morgan fingerprint density at radius 3 is 2.57 bits per heavy atom. The van der Waals surface area contributed by atoms with E-state index in [-0.39, 0.29) is 11.4 Å². The van der Waals surface area contributed by atoms with Crippen LogP contribution < -0.4 is 10.6 Å². The molecule has 1 aliphatic heterocycles. The number of carbonyl (C=O) groups is 2. The first kappa shape index (κ1) is 8.36. The zero-order chi connectivity index (χ0) is 10.1. The van der Waals surface area contributed by atoms with Gasteiger partial charge in [0.2, 0.25) is 0 Å². The monoisotopic (exact) mass is 193 g/mol. The summed E-state index contributed by atoms with van der Waals surface area (Å²) in [6, 6.07) is 0.891. The van der Waals surface area contributed by atoms with Crippen LogP contribution in [0.2, 0.25) is 0 Å². The van der Waals surface area contributed by atoms with E-state index in [0.717, 1.165) is 0 Å². The number of imide groups is 1. The second-order valence-corrected chi connectivity index (χ2v) is 2.78. The van der Waals surface area contributed by atoms with E-state index in [4.69, 9.17) is 5.11 Å². The molecule has 0 radical (unpaired) electrons. The number of aromatic nitrogens is 1. The van der Waals surface area contributed by atoms with E-state index in [9.17, 15) is 9.59 Å². The molecule has 0 saturated carbocycles. The summed E-state index contributed by atoms with van der Waals surface area (Å²) in [5, 5.41) is 13.4. The van der Waals surface area contributed by atoms with Crippen LogP contribution >= 0.6 is 0 Å². The van der Waals surface area contributed by atoms with E-state index < -0.39 is 11.9 Å². The predicted molar refractivity (Wildman–Crippen MR) is 47.1 cm³/mol. The maximum Gasteiger partial charge on any atom is 0.326 e. The lowest BCUT2D eigenvalue weighted by Gasteiger charge is -1.90. The van der Waals surface area contributed by atoms with Crippen molar-refractivity contribution in [3.8, 4) is 5.75 Å². The van der Waals surface area contributed by atoms with Gasteiger partial charge in [0.25, 0.3) is 5.91 Å². The van der Waals surface area contributed by atoms with Crippen LogP contribution in [-0.2, 0) is 4.79 Å². The van der Waals surface area contributed by atoms with Gasteiger partial charge in [-0.25, -0.2) is 4.79 Å². The maximum absolute atomic E-state index is 11.1. The third-order valence-electron chi connectivity index (χ3n) is 1.71. The third kappa shape index (κ3) is 1.45. The Labute approximate surface area is 78.6 Å². The summed E-state index contributed by atoms with van der Waals surface area (Å²) in [5.74, 6) is -0.411. The molecular formula is C8H7N3O3. The average molecular weight is 193 g/mol. The first-order valence-corrected chi connectivity index (χ1v) is 3.86. The third-order valence-corrected chi connectivity index (χ3v) is 1.71. The maximum atomic E-state index is 11.1. The van der Waals surface area contributed by atoms with E-state index in [0.29, 0.717) is 5.69 Å². The molecule has 3 amide bonds. The molecule has 2 rings (SSSR count). The van der Waals surface area contributed by atoms with Crippen molar-refractivity contribution in [1.82, 2.24) is 15.6 Å². The van der Waals surface area contributed by atoms with Gasteiger partial charge in [0, 0.05) is 18.0 Å². The van der Waals surface area contributed by atoms with Gasteiger partial charge >= 0.3 is 6.03 Å². The number of aromatic hydroxyl groups is 1. The lowest BCUT2D eigenvalue weighted by Crippen LogP contribution is -2.22. The van der Waals surface area contributed by atoms with Crippen LogP contribution in [-0.4, -0.2) is 22.0 Å². The molecule has 0 aliphatic carbocycles. The molecule has 2 heterocycles. The van der Waals surface area contributed by atoms with Crippen molar-refractivity contribution in [3.63, 3.8) is 0 Å². The van der Waals surface area contributed by atoms with Crippen LogP contribution in [0, 0.1) is 0 Å². The molecule has 1 aliphatic rings. The molecule has 14 heavy (non-hydrogen) atoms. The Balaban J connectivity index is 2.27. The molecule has 0 bridgehead atoms. The fourth-order valence-corrected chi connectivity index (χ4v) is 1.12. The van der Waals surface area contributed by atoms with Crippen LogP contribution in [0.3, 0.4) is 0 Å². The van der Waals surface area contributed by atoms with Gasteiger partial charge in [-0.3, -0.25) is 10.1 Å². The van der Waals surface area contributed by atoms with Crippen LogP contribution in [0.5, 0.6) is 5.75 Å². The Bertz CT molecular complexity index is 433. The summed E-state index contributed by atoms with van der Waals surface area (Å²) in [6.45, 7) is 0. The van der Waals surface area contributed by atoms with Crippen molar-refractivity contribution in [1.29, 1.82) is 0 Å². The van der Waals surface area contributed by atoms with Gasteiger partial charge in [-0.05, 0) is 6.08 Å². The van der Waals surface area contributed by atoms with Crippen LogP contribution in [0.1, 0.15) is 5.69 Å². The number of carbonyl (C=O) groups excluding carboxylic acids is 2. The Kier molecular flexibility index (Phi) is 1.74. The van der Waals surface area contributed by atoms with Crippen molar-refractivity contribution in [2.75, 3.05) is 0 Å². The number of H-pyrrole nitrogens is 1. The van der Waals surface area contributed by atoms with Crippen molar-refractivity contribution in [3.05, 3.63) is 23.7 Å². The van der Waals surface area contributed by atoms with Gasteiger partial charge in [-0.15, -0.1) is 0 Å². The van der Waals surface area contributed by atoms with Crippen molar-refractivity contribution in [2.45, 2.75) is 0 Å². The summed E-state index contributed by atoms with van der Waals surface area (Å²) in [6.07, 6.45) is 2.81. The van der Waals surface area contributed by atoms with Gasteiger partial charge in [-0.1, -0.05) is 0 Å². The molecule has 6 heteroatoms. The second kappa shape index (κ2) is 2.91. The Morgan fingerprint density at radius 2 is 2.07 bits per heavy atom. The van der Waals surface area contributed by atoms with Crippen LogP contribution in [0.4, 0.5) is 4.79 Å². The molecule has 0 spiro atoms. The van der Waals surface area contributed by atoms with Gasteiger partial charge in [0.05, 0.1) is 0 Å². The fraction of sp³-hybridized carbons (Fsp3) is 0.